The minimum Gasteiger partial charge on any atom is -0.383 e. The Hall–Kier alpha value is -2.69. The molecule has 11 heteroatoms. The van der Waals surface area contributed by atoms with E-state index in [4.69, 9.17) is 34.8 Å². The molecule has 32 heavy (non-hydrogen) atoms. The molecule has 168 valence electrons. The van der Waals surface area contributed by atoms with Crippen molar-refractivity contribution in [2.24, 2.45) is 10.9 Å². The summed E-state index contributed by atoms with van der Waals surface area (Å²) in [6.07, 6.45) is 8.94. The van der Waals surface area contributed by atoms with Gasteiger partial charge >= 0.3 is 0 Å². The fraction of sp³-hybridized carbons (Fsp3) is 0.286. The number of hydrogen-bond donors (Lipinski definition) is 5. The van der Waals surface area contributed by atoms with Gasteiger partial charge in [0.2, 0.25) is 0 Å². The van der Waals surface area contributed by atoms with Gasteiger partial charge in [0.25, 0.3) is 5.84 Å². The molecule has 1 aromatic carbocycles. The number of halogens is 2. The van der Waals surface area contributed by atoms with E-state index in [1.807, 2.05) is 29.1 Å². The maximum Gasteiger partial charge on any atom is 0.258 e. The predicted molar refractivity (Wildman–Crippen MR) is 128 cm³/mol. The second kappa shape index (κ2) is 10.3. The molecule has 2 aromatic heterocycles. The van der Waals surface area contributed by atoms with E-state index < -0.39 is 0 Å². The number of nitrogens with two attached hydrogens (primary N) is 3. The summed E-state index contributed by atoms with van der Waals surface area (Å²) in [6, 6.07) is 7.67. The third-order valence-corrected chi connectivity index (χ3v) is 6.34. The fourth-order valence-corrected chi connectivity index (χ4v) is 4.17. The molecule has 3 aromatic rings. The standard InChI is InChI=1S/C21H25Cl2N9/c22-17-4-1-5-18(19(17)23)29-21(30-31-25)16-9-13(10-27-20(16)24)14-11-28-32(12-14)15-3-2-7-26-8-6-15/h1,4-5,9-12,15,26,31H,2-3,6-8,25H2,(H2,24,27)(H,29,30)/p+1. The van der Waals surface area contributed by atoms with E-state index in [-0.39, 0.29) is 0 Å². The predicted octanol–water partition coefficient (Wildman–Crippen LogP) is 2.17. The van der Waals surface area contributed by atoms with Crippen molar-refractivity contribution in [3.05, 3.63) is 58.5 Å². The Kier molecular flexibility index (Phi) is 7.23. The Balaban J connectivity index is 1.64. The summed E-state index contributed by atoms with van der Waals surface area (Å²) in [6.45, 7) is 2.06. The van der Waals surface area contributed by atoms with E-state index in [1.165, 1.54) is 0 Å². The SMILES string of the molecule is NN/N=C(\[NH2+]c1cccc(Cl)c1Cl)c1cc(-c2cnn(C3CCCNCC3)c2)cnc1N. The van der Waals surface area contributed by atoms with Crippen LogP contribution in [-0.2, 0) is 0 Å². The van der Waals surface area contributed by atoms with E-state index in [2.05, 4.69) is 32.2 Å². The van der Waals surface area contributed by atoms with Crippen molar-refractivity contribution in [2.75, 3.05) is 18.8 Å². The zero-order valence-electron chi connectivity index (χ0n) is 17.4. The number of anilines is 1. The summed E-state index contributed by atoms with van der Waals surface area (Å²) in [5.74, 6) is 6.29. The smallest absolute Gasteiger partial charge is 0.258 e. The van der Waals surface area contributed by atoms with Crippen LogP contribution in [0, 0.1) is 0 Å². The molecular weight excluding hydrogens is 449 g/mol. The zero-order chi connectivity index (χ0) is 22.5. The van der Waals surface area contributed by atoms with Gasteiger partial charge < -0.3 is 11.1 Å². The van der Waals surface area contributed by atoms with Crippen LogP contribution in [-0.4, -0.2) is 33.7 Å². The molecule has 1 atom stereocenters. The van der Waals surface area contributed by atoms with Gasteiger partial charge in [0, 0.05) is 29.6 Å². The highest BCUT2D eigenvalue weighted by molar-refractivity contribution is 6.43. The molecule has 8 N–H and O–H groups in total. The molecule has 1 aliphatic heterocycles. The summed E-state index contributed by atoms with van der Waals surface area (Å²) < 4.78 is 2.05. The zero-order valence-corrected chi connectivity index (χ0v) is 18.9. The first kappa shape index (κ1) is 22.5. The van der Waals surface area contributed by atoms with Crippen LogP contribution in [0.3, 0.4) is 0 Å². The number of hydrogen-bond acceptors (Lipinski definition) is 7. The van der Waals surface area contributed by atoms with Crippen molar-refractivity contribution in [3.63, 3.8) is 0 Å². The highest BCUT2D eigenvalue weighted by Crippen LogP contribution is 2.28. The minimum atomic E-state index is 0.319. The largest absolute Gasteiger partial charge is 0.383 e. The summed E-state index contributed by atoms with van der Waals surface area (Å²) >= 11 is 12.5. The number of quaternary nitrogens is 1. The average molecular weight is 475 g/mol. The molecule has 0 spiro atoms. The lowest BCUT2D eigenvalue weighted by molar-refractivity contribution is -0.442. The quantitative estimate of drug-likeness (QED) is 0.126. The van der Waals surface area contributed by atoms with Crippen molar-refractivity contribution >= 4 is 40.5 Å². The second-order valence-corrected chi connectivity index (χ2v) is 8.40. The number of amidine groups is 1. The number of aromatic nitrogens is 3. The molecule has 3 heterocycles. The van der Waals surface area contributed by atoms with E-state index >= 15 is 0 Å². The normalized spacial score (nSPS) is 17.2. The van der Waals surface area contributed by atoms with Crippen LogP contribution in [0.1, 0.15) is 30.9 Å². The van der Waals surface area contributed by atoms with Crippen molar-refractivity contribution in [1.29, 1.82) is 0 Å². The molecule has 0 saturated carbocycles. The first-order valence-electron chi connectivity index (χ1n) is 10.4. The summed E-state index contributed by atoms with van der Waals surface area (Å²) in [7, 11) is 0. The van der Waals surface area contributed by atoms with Gasteiger partial charge in [-0.1, -0.05) is 29.3 Å². The van der Waals surface area contributed by atoms with Crippen molar-refractivity contribution in [3.8, 4) is 11.1 Å². The number of benzene rings is 1. The molecule has 1 aliphatic rings. The number of nitrogens with one attached hydrogen (secondary N) is 2. The summed E-state index contributed by atoms with van der Waals surface area (Å²) in [4.78, 5) is 4.38. The van der Waals surface area contributed by atoms with Crippen molar-refractivity contribution < 1.29 is 5.32 Å². The number of nitrogen functional groups attached to an aromatic ring is 1. The molecule has 9 nitrogen and oxygen atoms in total. The third kappa shape index (κ3) is 5.03. The van der Waals surface area contributed by atoms with E-state index in [0.29, 0.717) is 39.0 Å². The lowest BCUT2D eigenvalue weighted by atomic mass is 10.1. The van der Waals surface area contributed by atoms with Gasteiger partial charge in [-0.3, -0.25) is 10.00 Å². The van der Waals surface area contributed by atoms with Gasteiger partial charge in [0.05, 0.1) is 17.3 Å². The van der Waals surface area contributed by atoms with Crippen LogP contribution < -0.4 is 27.7 Å². The first-order valence-corrected chi connectivity index (χ1v) is 11.2. The van der Waals surface area contributed by atoms with Crippen LogP contribution in [0.15, 0.2) is 48.0 Å². The highest BCUT2D eigenvalue weighted by Gasteiger charge is 2.20. The maximum atomic E-state index is 6.35. The van der Waals surface area contributed by atoms with Gasteiger partial charge in [-0.15, -0.1) is 5.10 Å². The number of hydrazone groups is 1. The molecule has 0 radical (unpaired) electrons. The van der Waals surface area contributed by atoms with Crippen LogP contribution in [0.5, 0.6) is 0 Å². The van der Waals surface area contributed by atoms with Crippen molar-refractivity contribution in [1.82, 2.24) is 25.6 Å². The third-order valence-electron chi connectivity index (χ3n) is 5.51. The molecule has 1 saturated heterocycles. The molecule has 1 unspecified atom stereocenters. The molecular formula is C21H26Cl2N9+. The Bertz CT molecular complexity index is 1100. The van der Waals surface area contributed by atoms with Gasteiger partial charge in [-0.25, -0.2) is 16.4 Å². The Morgan fingerprint density at radius 1 is 1.22 bits per heavy atom. The maximum absolute atomic E-state index is 6.35. The van der Waals surface area contributed by atoms with Crippen LogP contribution >= 0.6 is 23.2 Å². The monoisotopic (exact) mass is 474 g/mol. The summed E-state index contributed by atoms with van der Waals surface area (Å²) in [5.41, 5.74) is 11.7. The Morgan fingerprint density at radius 3 is 2.94 bits per heavy atom. The lowest BCUT2D eigenvalue weighted by Crippen LogP contribution is -2.83. The van der Waals surface area contributed by atoms with Crippen LogP contribution in [0.4, 0.5) is 11.5 Å². The molecule has 0 aliphatic carbocycles. The molecule has 4 rings (SSSR count). The Morgan fingerprint density at radius 2 is 2.09 bits per heavy atom. The fourth-order valence-electron chi connectivity index (χ4n) is 3.81. The van der Waals surface area contributed by atoms with Crippen molar-refractivity contribution in [2.45, 2.75) is 25.3 Å². The topological polar surface area (TPSA) is 136 Å². The van der Waals surface area contributed by atoms with E-state index in [0.717, 1.165) is 43.5 Å². The first-order chi connectivity index (χ1) is 15.6. The number of nitrogens with zero attached hydrogens (tertiary/aromatic N) is 4. The average Bonchev–Trinajstić information content (AvgIpc) is 3.12. The Labute approximate surface area is 196 Å². The molecule has 1 fully saturated rings. The lowest BCUT2D eigenvalue weighted by Gasteiger charge is -2.13. The highest BCUT2D eigenvalue weighted by atomic mass is 35.5. The van der Waals surface area contributed by atoms with Gasteiger partial charge in [0.1, 0.15) is 16.4 Å². The number of rotatable bonds is 5. The summed E-state index contributed by atoms with van der Waals surface area (Å²) in [5, 5.41) is 14.8. The number of pyridine rings is 1. The van der Waals surface area contributed by atoms with E-state index in [1.54, 1.807) is 17.6 Å². The minimum absolute atomic E-state index is 0.319. The van der Waals surface area contributed by atoms with Gasteiger partial charge in [0.15, 0.2) is 5.69 Å². The van der Waals surface area contributed by atoms with Gasteiger partial charge in [-0.2, -0.15) is 5.10 Å². The molecule has 0 bridgehead atoms. The molecule has 0 amide bonds. The van der Waals surface area contributed by atoms with Crippen LogP contribution in [0.25, 0.3) is 11.1 Å². The van der Waals surface area contributed by atoms with Gasteiger partial charge in [-0.05, 0) is 44.5 Å². The van der Waals surface area contributed by atoms with Crippen LogP contribution in [0.2, 0.25) is 10.0 Å². The number of hydrazine groups is 1. The second-order valence-electron chi connectivity index (χ2n) is 7.61. The van der Waals surface area contributed by atoms with E-state index in [9.17, 15) is 0 Å².